The van der Waals surface area contributed by atoms with Crippen LogP contribution in [0.3, 0.4) is 0 Å². The molecule has 1 aromatic carbocycles. The van der Waals surface area contributed by atoms with E-state index in [9.17, 15) is 19.2 Å². The van der Waals surface area contributed by atoms with Gasteiger partial charge in [-0.05, 0) is 43.0 Å². The van der Waals surface area contributed by atoms with Gasteiger partial charge < -0.3 is 20.4 Å². The molecule has 1 aliphatic carbocycles. The molecular weight excluding hydrogens is 412 g/mol. The van der Waals surface area contributed by atoms with Crippen molar-refractivity contribution >= 4 is 29.4 Å². The molecule has 9 heteroatoms. The van der Waals surface area contributed by atoms with Crippen LogP contribution in [0.2, 0.25) is 0 Å². The fraction of sp³-hybridized carbons (Fsp3) is 0.391. The maximum atomic E-state index is 13.1. The number of amides is 5. The third kappa shape index (κ3) is 4.10. The average Bonchev–Trinajstić information content (AvgIpc) is 3.38. The highest BCUT2D eigenvalue weighted by atomic mass is 16.3. The number of nitrogens with zero attached hydrogens (tertiary/aromatic N) is 1. The fourth-order valence-electron chi connectivity index (χ4n) is 4.44. The Balaban J connectivity index is 1.42. The highest BCUT2D eigenvalue weighted by molar-refractivity contribution is 6.11. The summed E-state index contributed by atoms with van der Waals surface area (Å²) in [6.07, 6.45) is 4.83. The second-order valence-electron chi connectivity index (χ2n) is 8.30. The van der Waals surface area contributed by atoms with E-state index in [0.29, 0.717) is 17.9 Å². The quantitative estimate of drug-likeness (QED) is 0.599. The van der Waals surface area contributed by atoms with Gasteiger partial charge in [-0.15, -0.1) is 0 Å². The average molecular weight is 438 g/mol. The Morgan fingerprint density at radius 1 is 1.19 bits per heavy atom. The minimum absolute atomic E-state index is 0.0133. The van der Waals surface area contributed by atoms with Crippen molar-refractivity contribution in [1.82, 2.24) is 15.5 Å². The molecule has 32 heavy (non-hydrogen) atoms. The summed E-state index contributed by atoms with van der Waals surface area (Å²) in [7, 11) is 0. The van der Waals surface area contributed by atoms with Crippen molar-refractivity contribution in [2.75, 3.05) is 11.9 Å². The van der Waals surface area contributed by atoms with E-state index in [1.807, 2.05) is 6.92 Å². The Morgan fingerprint density at radius 3 is 2.75 bits per heavy atom. The van der Waals surface area contributed by atoms with E-state index in [-0.39, 0.29) is 29.8 Å². The SMILES string of the molecule is CC1CCCCC12NC(=O)N(CC(=O)Nc1ccccc1C(=O)NCc1ccco1)C2=O. The molecule has 1 saturated carbocycles. The largest absolute Gasteiger partial charge is 0.467 e. The van der Waals surface area contributed by atoms with Crippen molar-refractivity contribution in [3.63, 3.8) is 0 Å². The van der Waals surface area contributed by atoms with Crippen molar-refractivity contribution in [3.05, 3.63) is 54.0 Å². The Labute approximate surface area is 185 Å². The molecule has 2 heterocycles. The van der Waals surface area contributed by atoms with Crippen LogP contribution in [-0.2, 0) is 16.1 Å². The molecule has 3 N–H and O–H groups in total. The number of carbonyl (C=O) groups is 4. The van der Waals surface area contributed by atoms with E-state index in [1.54, 1.807) is 36.4 Å². The standard InChI is InChI=1S/C23H26N4O5/c1-15-7-4-5-11-23(15)21(30)27(22(31)26-23)14-19(28)25-18-10-3-2-9-17(18)20(29)24-13-16-8-6-12-32-16/h2-3,6,8-10,12,15H,4-5,7,11,13-14H2,1H3,(H,24,29)(H,25,28)(H,26,31). The van der Waals surface area contributed by atoms with Crippen LogP contribution in [0.15, 0.2) is 47.1 Å². The molecule has 1 spiro atoms. The summed E-state index contributed by atoms with van der Waals surface area (Å²) in [5, 5.41) is 8.22. The Morgan fingerprint density at radius 2 is 2.00 bits per heavy atom. The number of anilines is 1. The monoisotopic (exact) mass is 438 g/mol. The zero-order valence-electron chi connectivity index (χ0n) is 17.8. The molecule has 2 unspecified atom stereocenters. The van der Waals surface area contributed by atoms with E-state index < -0.39 is 24.0 Å². The Kier molecular flexibility index (Phi) is 5.98. The van der Waals surface area contributed by atoms with Crippen LogP contribution in [0, 0.1) is 5.92 Å². The lowest BCUT2D eigenvalue weighted by molar-refractivity contribution is -0.136. The van der Waals surface area contributed by atoms with Crippen LogP contribution in [0.25, 0.3) is 0 Å². The first-order valence-corrected chi connectivity index (χ1v) is 10.7. The molecule has 4 rings (SSSR count). The summed E-state index contributed by atoms with van der Waals surface area (Å²) in [6.45, 7) is 1.75. The number of para-hydroxylation sites is 1. The van der Waals surface area contributed by atoms with Gasteiger partial charge in [0.1, 0.15) is 17.8 Å². The predicted octanol–water partition coefficient (Wildman–Crippen LogP) is 2.65. The Hall–Kier alpha value is -3.62. The number of furan rings is 1. The van der Waals surface area contributed by atoms with Crippen molar-refractivity contribution in [2.24, 2.45) is 5.92 Å². The first kappa shape index (κ1) is 21.6. The summed E-state index contributed by atoms with van der Waals surface area (Å²) in [5.41, 5.74) is -0.358. The number of urea groups is 1. The van der Waals surface area contributed by atoms with Crippen molar-refractivity contribution in [1.29, 1.82) is 0 Å². The van der Waals surface area contributed by atoms with E-state index in [2.05, 4.69) is 16.0 Å². The van der Waals surface area contributed by atoms with Crippen molar-refractivity contribution in [3.8, 4) is 0 Å². The van der Waals surface area contributed by atoms with Gasteiger partial charge in [0.05, 0.1) is 24.1 Å². The number of rotatable bonds is 6. The van der Waals surface area contributed by atoms with E-state index in [0.717, 1.165) is 24.2 Å². The summed E-state index contributed by atoms with van der Waals surface area (Å²) in [5.74, 6) is -0.680. The Bertz CT molecular complexity index is 1030. The van der Waals surface area contributed by atoms with E-state index >= 15 is 0 Å². The molecule has 9 nitrogen and oxygen atoms in total. The number of nitrogens with one attached hydrogen (secondary N) is 3. The minimum Gasteiger partial charge on any atom is -0.467 e. The van der Waals surface area contributed by atoms with Crippen molar-refractivity contribution in [2.45, 2.75) is 44.7 Å². The number of hydrogen-bond acceptors (Lipinski definition) is 5. The lowest BCUT2D eigenvalue weighted by Gasteiger charge is -2.36. The molecule has 0 bridgehead atoms. The molecule has 1 aliphatic heterocycles. The summed E-state index contributed by atoms with van der Waals surface area (Å²) in [6, 6.07) is 9.46. The van der Waals surface area contributed by atoms with Gasteiger partial charge >= 0.3 is 6.03 Å². The van der Waals surface area contributed by atoms with Crippen LogP contribution in [0.5, 0.6) is 0 Å². The maximum Gasteiger partial charge on any atom is 0.325 e. The molecule has 2 aromatic rings. The lowest BCUT2D eigenvalue weighted by Crippen LogP contribution is -2.54. The molecule has 1 aromatic heterocycles. The zero-order chi connectivity index (χ0) is 22.7. The topological polar surface area (TPSA) is 121 Å². The van der Waals surface area contributed by atoms with Crippen LogP contribution in [-0.4, -0.2) is 40.7 Å². The normalized spacial score (nSPS) is 22.7. The highest BCUT2D eigenvalue weighted by Gasteiger charge is 2.55. The molecule has 2 aliphatic rings. The summed E-state index contributed by atoms with van der Waals surface area (Å²) < 4.78 is 5.20. The molecule has 0 radical (unpaired) electrons. The van der Waals surface area contributed by atoms with Gasteiger partial charge in [0.15, 0.2) is 0 Å². The smallest absolute Gasteiger partial charge is 0.325 e. The number of carbonyl (C=O) groups excluding carboxylic acids is 4. The molecule has 2 fully saturated rings. The van der Waals surface area contributed by atoms with Gasteiger partial charge in [-0.3, -0.25) is 19.3 Å². The number of benzene rings is 1. The predicted molar refractivity (Wildman–Crippen MR) is 116 cm³/mol. The minimum atomic E-state index is -0.917. The van der Waals surface area contributed by atoms with Crippen LogP contribution in [0.4, 0.5) is 10.5 Å². The van der Waals surface area contributed by atoms with Crippen molar-refractivity contribution < 1.29 is 23.6 Å². The summed E-state index contributed by atoms with van der Waals surface area (Å²) >= 11 is 0. The molecular formula is C23H26N4O5. The highest BCUT2D eigenvalue weighted by Crippen LogP contribution is 2.38. The number of hydrogen-bond donors (Lipinski definition) is 3. The van der Waals surface area contributed by atoms with Crippen LogP contribution >= 0.6 is 0 Å². The molecule has 5 amide bonds. The zero-order valence-corrected chi connectivity index (χ0v) is 17.8. The molecule has 2 atom stereocenters. The first-order chi connectivity index (χ1) is 15.4. The third-order valence-corrected chi connectivity index (χ3v) is 6.25. The van der Waals surface area contributed by atoms with E-state index in [1.165, 1.54) is 6.26 Å². The van der Waals surface area contributed by atoms with Gasteiger partial charge in [-0.2, -0.15) is 0 Å². The lowest BCUT2D eigenvalue weighted by atomic mass is 9.73. The number of imide groups is 1. The second kappa shape index (κ2) is 8.86. The molecule has 168 valence electrons. The van der Waals surface area contributed by atoms with Gasteiger partial charge in [-0.25, -0.2) is 4.79 Å². The third-order valence-electron chi connectivity index (χ3n) is 6.25. The van der Waals surface area contributed by atoms with Gasteiger partial charge in [0.2, 0.25) is 5.91 Å². The first-order valence-electron chi connectivity index (χ1n) is 10.7. The van der Waals surface area contributed by atoms with Gasteiger partial charge in [0, 0.05) is 0 Å². The van der Waals surface area contributed by atoms with Crippen LogP contribution < -0.4 is 16.0 Å². The van der Waals surface area contributed by atoms with E-state index in [4.69, 9.17) is 4.42 Å². The second-order valence-corrected chi connectivity index (χ2v) is 8.30. The van der Waals surface area contributed by atoms with Gasteiger partial charge in [0.25, 0.3) is 11.8 Å². The fourth-order valence-corrected chi connectivity index (χ4v) is 4.44. The summed E-state index contributed by atoms with van der Waals surface area (Å²) in [4.78, 5) is 51.8. The van der Waals surface area contributed by atoms with Crippen LogP contribution in [0.1, 0.15) is 48.7 Å². The van der Waals surface area contributed by atoms with Gasteiger partial charge in [-0.1, -0.05) is 31.9 Å². The maximum absolute atomic E-state index is 13.1. The molecule has 1 saturated heterocycles.